The molecule has 0 saturated carbocycles. The van der Waals surface area contributed by atoms with E-state index < -0.39 is 6.16 Å². The Morgan fingerprint density at radius 3 is 2.68 bits per heavy atom. The molecule has 34 heavy (non-hydrogen) atoms. The number of benzene rings is 1. The largest absolute Gasteiger partial charge is 0.515 e. The molecule has 176 valence electrons. The van der Waals surface area contributed by atoms with Crippen molar-refractivity contribution in [1.82, 2.24) is 23.9 Å². The first kappa shape index (κ1) is 23.4. The average molecular weight is 482 g/mol. The van der Waals surface area contributed by atoms with Gasteiger partial charge in [0.25, 0.3) is 0 Å². The molecule has 0 spiro atoms. The maximum Gasteiger partial charge on any atom is 0.515 e. The Morgan fingerprint density at radius 1 is 1.18 bits per heavy atom. The molecule has 3 aromatic heterocycles. The van der Waals surface area contributed by atoms with Gasteiger partial charge >= 0.3 is 6.16 Å². The molecule has 0 fully saturated rings. The molecule has 1 aromatic carbocycles. The minimum absolute atomic E-state index is 0.194. The van der Waals surface area contributed by atoms with E-state index in [2.05, 4.69) is 21.9 Å². The standard InChI is InChI=1S/C24H24ClN5O4/c1-3-5-7-19-27-21(25)18(15-31)30(19)14-16-8-10-17(11-9-16)20-22(34-24(32)33-4-2)29-13-6-12-26-23(29)28-20/h6,8-13,15H,3-5,7,14H2,1-2H3. The third-order valence-corrected chi connectivity index (χ3v) is 5.55. The number of aldehydes is 1. The van der Waals surface area contributed by atoms with Gasteiger partial charge in [-0.15, -0.1) is 0 Å². The van der Waals surface area contributed by atoms with Gasteiger partial charge in [-0.05, 0) is 25.0 Å². The maximum absolute atomic E-state index is 12.0. The van der Waals surface area contributed by atoms with Gasteiger partial charge in [0.15, 0.2) is 11.4 Å². The lowest BCUT2D eigenvalue weighted by atomic mass is 10.1. The lowest BCUT2D eigenvalue weighted by Crippen LogP contribution is -2.12. The van der Waals surface area contributed by atoms with Crippen LogP contribution in [0.4, 0.5) is 4.79 Å². The molecule has 0 unspecified atom stereocenters. The van der Waals surface area contributed by atoms with Crippen LogP contribution in [0.1, 0.15) is 48.6 Å². The molecule has 4 aromatic rings. The zero-order chi connectivity index (χ0) is 24.1. The average Bonchev–Trinajstić information content (AvgIpc) is 3.35. The molecule has 3 heterocycles. The van der Waals surface area contributed by atoms with E-state index in [-0.39, 0.29) is 17.6 Å². The summed E-state index contributed by atoms with van der Waals surface area (Å²) in [6.45, 7) is 4.45. The topological polar surface area (TPSA) is 101 Å². The van der Waals surface area contributed by atoms with E-state index >= 15 is 0 Å². The van der Waals surface area contributed by atoms with Crippen molar-refractivity contribution >= 4 is 29.8 Å². The molecule has 10 heteroatoms. The fourth-order valence-electron chi connectivity index (χ4n) is 3.62. The van der Waals surface area contributed by atoms with Crippen molar-refractivity contribution in [1.29, 1.82) is 0 Å². The van der Waals surface area contributed by atoms with Gasteiger partial charge in [-0.25, -0.2) is 19.7 Å². The highest BCUT2D eigenvalue weighted by Crippen LogP contribution is 2.31. The van der Waals surface area contributed by atoms with Crippen LogP contribution in [0, 0.1) is 0 Å². The summed E-state index contributed by atoms with van der Waals surface area (Å²) in [6, 6.07) is 9.32. The van der Waals surface area contributed by atoms with Gasteiger partial charge in [-0.1, -0.05) is 49.2 Å². The van der Waals surface area contributed by atoms with E-state index in [0.29, 0.717) is 23.7 Å². The fourth-order valence-corrected chi connectivity index (χ4v) is 3.87. The predicted molar refractivity (Wildman–Crippen MR) is 126 cm³/mol. The molecule has 9 nitrogen and oxygen atoms in total. The van der Waals surface area contributed by atoms with Crippen LogP contribution >= 0.6 is 11.6 Å². The second-order valence-corrected chi connectivity index (χ2v) is 7.91. The van der Waals surface area contributed by atoms with E-state index in [1.807, 2.05) is 28.8 Å². The Bertz CT molecular complexity index is 1310. The van der Waals surface area contributed by atoms with Crippen LogP contribution in [0.15, 0.2) is 42.7 Å². The van der Waals surface area contributed by atoms with Crippen molar-refractivity contribution < 1.29 is 19.1 Å². The fraction of sp³-hybridized carbons (Fsp3) is 0.292. The van der Waals surface area contributed by atoms with Gasteiger partial charge in [0.2, 0.25) is 11.7 Å². The van der Waals surface area contributed by atoms with Crippen molar-refractivity contribution in [2.75, 3.05) is 6.61 Å². The Labute approximate surface area is 201 Å². The molecule has 0 radical (unpaired) electrons. The highest BCUT2D eigenvalue weighted by Gasteiger charge is 2.20. The summed E-state index contributed by atoms with van der Waals surface area (Å²) >= 11 is 6.19. The van der Waals surface area contributed by atoms with Gasteiger partial charge in [-0.2, -0.15) is 0 Å². The molecule has 4 rings (SSSR count). The predicted octanol–water partition coefficient (Wildman–Crippen LogP) is 4.98. The van der Waals surface area contributed by atoms with Crippen LogP contribution in [-0.4, -0.2) is 43.0 Å². The second-order valence-electron chi connectivity index (χ2n) is 7.55. The van der Waals surface area contributed by atoms with Gasteiger partial charge in [0.1, 0.15) is 17.2 Å². The molecule has 0 N–H and O–H groups in total. The van der Waals surface area contributed by atoms with E-state index in [1.54, 1.807) is 29.8 Å². The summed E-state index contributed by atoms with van der Waals surface area (Å²) < 4.78 is 13.8. The minimum atomic E-state index is -0.816. The van der Waals surface area contributed by atoms with Crippen LogP contribution in [0.3, 0.4) is 0 Å². The molecule has 0 bridgehead atoms. The number of unbranched alkanes of at least 4 members (excludes halogenated alkanes) is 1. The SMILES string of the molecule is CCCCc1nc(Cl)c(C=O)n1Cc1ccc(-c2nc3ncccn3c2OC(=O)OCC)cc1. The lowest BCUT2D eigenvalue weighted by Gasteiger charge is -2.10. The number of imidazole rings is 2. The van der Waals surface area contributed by atoms with E-state index in [4.69, 9.17) is 21.1 Å². The molecule has 0 atom stereocenters. The summed E-state index contributed by atoms with van der Waals surface area (Å²) in [4.78, 5) is 36.8. The Balaban J connectivity index is 1.65. The number of hydrogen-bond donors (Lipinski definition) is 0. The second kappa shape index (κ2) is 10.5. The highest BCUT2D eigenvalue weighted by molar-refractivity contribution is 6.31. The Kier molecular flexibility index (Phi) is 7.22. The number of carbonyl (C=O) groups excluding carboxylic acids is 2. The van der Waals surface area contributed by atoms with Crippen molar-refractivity contribution in [3.63, 3.8) is 0 Å². The van der Waals surface area contributed by atoms with Crippen LogP contribution < -0.4 is 4.74 Å². The molecule has 0 saturated heterocycles. The Morgan fingerprint density at radius 2 is 1.97 bits per heavy atom. The third-order valence-electron chi connectivity index (χ3n) is 5.28. The van der Waals surface area contributed by atoms with Crippen molar-refractivity contribution in [3.8, 4) is 17.1 Å². The highest BCUT2D eigenvalue weighted by atomic mass is 35.5. The molecular formula is C24H24ClN5O4. The normalized spacial score (nSPS) is 11.0. The van der Waals surface area contributed by atoms with Crippen LogP contribution in [0.2, 0.25) is 5.15 Å². The number of nitrogens with zero attached hydrogens (tertiary/aromatic N) is 5. The number of aryl methyl sites for hydroxylation is 1. The number of carbonyl (C=O) groups is 2. The van der Waals surface area contributed by atoms with Crippen LogP contribution in [0.5, 0.6) is 5.88 Å². The number of hydrogen-bond acceptors (Lipinski definition) is 7. The summed E-state index contributed by atoms with van der Waals surface area (Å²) in [5.74, 6) is 1.40. The number of halogens is 1. The first-order chi connectivity index (χ1) is 16.5. The molecule has 0 aliphatic carbocycles. The molecule has 0 amide bonds. The van der Waals surface area contributed by atoms with Gasteiger partial charge in [0.05, 0.1) is 6.61 Å². The summed E-state index contributed by atoms with van der Waals surface area (Å²) in [5.41, 5.74) is 2.52. The number of ether oxygens (including phenoxy) is 2. The van der Waals surface area contributed by atoms with E-state index in [1.165, 1.54) is 0 Å². The van der Waals surface area contributed by atoms with Crippen LogP contribution in [-0.2, 0) is 17.7 Å². The lowest BCUT2D eigenvalue weighted by molar-refractivity contribution is 0.102. The smallest absolute Gasteiger partial charge is 0.434 e. The first-order valence-electron chi connectivity index (χ1n) is 11.0. The summed E-state index contributed by atoms with van der Waals surface area (Å²) in [5, 5.41) is 0.218. The molecule has 0 aliphatic rings. The van der Waals surface area contributed by atoms with E-state index in [9.17, 15) is 9.59 Å². The van der Waals surface area contributed by atoms with Gasteiger partial charge in [0, 0.05) is 30.9 Å². The first-order valence-corrected chi connectivity index (χ1v) is 11.4. The zero-order valence-electron chi connectivity index (χ0n) is 18.9. The molecular weight excluding hydrogens is 458 g/mol. The zero-order valence-corrected chi connectivity index (χ0v) is 19.7. The maximum atomic E-state index is 12.0. The number of aromatic nitrogens is 5. The van der Waals surface area contributed by atoms with Crippen LogP contribution in [0.25, 0.3) is 17.0 Å². The summed E-state index contributed by atoms with van der Waals surface area (Å²) in [6.07, 6.45) is 5.95. The molecule has 0 aliphatic heterocycles. The van der Waals surface area contributed by atoms with E-state index in [0.717, 1.165) is 42.5 Å². The number of rotatable bonds is 9. The van der Waals surface area contributed by atoms with Crippen molar-refractivity contribution in [2.24, 2.45) is 0 Å². The Hall–Kier alpha value is -3.72. The minimum Gasteiger partial charge on any atom is -0.434 e. The van der Waals surface area contributed by atoms with Gasteiger partial charge in [-0.3, -0.25) is 9.20 Å². The number of fused-ring (bicyclic) bond motifs is 1. The monoisotopic (exact) mass is 481 g/mol. The van der Waals surface area contributed by atoms with Gasteiger partial charge < -0.3 is 14.0 Å². The summed E-state index contributed by atoms with van der Waals surface area (Å²) in [7, 11) is 0. The quantitative estimate of drug-likeness (QED) is 0.245. The van der Waals surface area contributed by atoms with Crippen molar-refractivity contribution in [2.45, 2.75) is 39.7 Å². The van der Waals surface area contributed by atoms with Crippen molar-refractivity contribution in [3.05, 3.63) is 65.0 Å². The third kappa shape index (κ3) is 4.79.